The predicted octanol–water partition coefficient (Wildman–Crippen LogP) is 5.41. The van der Waals surface area contributed by atoms with Gasteiger partial charge in [-0.2, -0.15) is 0 Å². The van der Waals surface area contributed by atoms with E-state index in [9.17, 15) is 4.79 Å². The molecule has 1 amide bonds. The molecule has 26 heavy (non-hydrogen) atoms. The summed E-state index contributed by atoms with van der Waals surface area (Å²) in [4.78, 5) is 17.7. The van der Waals surface area contributed by atoms with Crippen molar-refractivity contribution in [2.24, 2.45) is 0 Å². The Bertz CT molecular complexity index is 953. The quantitative estimate of drug-likeness (QED) is 0.638. The SMILES string of the molecule is Cc1ccc(OCC(=O)Nc2nc(-c3cccc(Cl)c3)c(C)s2)cc1C. The smallest absolute Gasteiger partial charge is 0.264 e. The first-order valence-corrected chi connectivity index (χ1v) is 9.35. The number of hydrogen-bond donors (Lipinski definition) is 1. The lowest BCUT2D eigenvalue weighted by Gasteiger charge is -2.07. The molecule has 1 aromatic heterocycles. The molecule has 3 aromatic rings. The van der Waals surface area contributed by atoms with Gasteiger partial charge >= 0.3 is 0 Å². The molecule has 6 heteroatoms. The number of aryl methyl sites for hydroxylation is 3. The van der Waals surface area contributed by atoms with E-state index in [0.29, 0.717) is 15.9 Å². The van der Waals surface area contributed by atoms with E-state index in [4.69, 9.17) is 16.3 Å². The standard InChI is InChI=1S/C20H19ClN2O2S/c1-12-7-8-17(9-13(12)2)25-11-18(24)22-20-23-19(14(3)26-20)15-5-4-6-16(21)10-15/h4-10H,11H2,1-3H3,(H,22,23,24). The topological polar surface area (TPSA) is 51.2 Å². The largest absolute Gasteiger partial charge is 0.484 e. The molecule has 0 atom stereocenters. The van der Waals surface area contributed by atoms with Gasteiger partial charge in [-0.3, -0.25) is 10.1 Å². The van der Waals surface area contributed by atoms with Crippen molar-refractivity contribution in [1.29, 1.82) is 0 Å². The average molecular weight is 387 g/mol. The van der Waals surface area contributed by atoms with Gasteiger partial charge in [0.25, 0.3) is 5.91 Å². The number of amides is 1. The molecule has 0 aliphatic carbocycles. The van der Waals surface area contributed by atoms with Crippen LogP contribution in [0.15, 0.2) is 42.5 Å². The highest BCUT2D eigenvalue weighted by molar-refractivity contribution is 7.16. The number of nitrogens with zero attached hydrogens (tertiary/aromatic N) is 1. The predicted molar refractivity (Wildman–Crippen MR) is 107 cm³/mol. The van der Waals surface area contributed by atoms with Crippen molar-refractivity contribution in [3.05, 3.63) is 63.5 Å². The molecule has 0 spiro atoms. The van der Waals surface area contributed by atoms with Gasteiger partial charge in [0.1, 0.15) is 5.75 Å². The highest BCUT2D eigenvalue weighted by atomic mass is 35.5. The van der Waals surface area contributed by atoms with E-state index in [0.717, 1.165) is 21.7 Å². The third-order valence-corrected chi connectivity index (χ3v) is 5.11. The summed E-state index contributed by atoms with van der Waals surface area (Å²) in [6.07, 6.45) is 0. The third-order valence-electron chi connectivity index (χ3n) is 3.99. The van der Waals surface area contributed by atoms with E-state index in [1.165, 1.54) is 16.9 Å². The molecule has 2 aromatic carbocycles. The lowest BCUT2D eigenvalue weighted by molar-refractivity contribution is -0.118. The molecule has 0 unspecified atom stereocenters. The van der Waals surface area contributed by atoms with Gasteiger partial charge in [-0.1, -0.05) is 29.8 Å². The molecule has 0 fully saturated rings. The summed E-state index contributed by atoms with van der Waals surface area (Å²) in [7, 11) is 0. The number of ether oxygens (including phenoxy) is 1. The third kappa shape index (κ3) is 4.42. The van der Waals surface area contributed by atoms with Gasteiger partial charge in [0, 0.05) is 15.5 Å². The molecule has 4 nitrogen and oxygen atoms in total. The molecule has 0 radical (unpaired) electrons. The van der Waals surface area contributed by atoms with Crippen LogP contribution in [0.3, 0.4) is 0 Å². The van der Waals surface area contributed by atoms with E-state index in [1.54, 1.807) is 0 Å². The van der Waals surface area contributed by atoms with Crippen LogP contribution in [0.2, 0.25) is 5.02 Å². The Morgan fingerprint density at radius 2 is 1.96 bits per heavy atom. The molecule has 0 aliphatic heterocycles. The van der Waals surface area contributed by atoms with Crippen molar-refractivity contribution in [1.82, 2.24) is 4.98 Å². The van der Waals surface area contributed by atoms with Crippen molar-refractivity contribution < 1.29 is 9.53 Å². The normalized spacial score (nSPS) is 10.6. The number of nitrogens with one attached hydrogen (secondary N) is 1. The molecule has 134 valence electrons. The molecule has 0 bridgehead atoms. The molecule has 3 rings (SSSR count). The fraction of sp³-hybridized carbons (Fsp3) is 0.200. The Kier molecular flexibility index (Phi) is 5.59. The Morgan fingerprint density at radius 1 is 1.15 bits per heavy atom. The molecule has 1 heterocycles. The Morgan fingerprint density at radius 3 is 2.69 bits per heavy atom. The highest BCUT2D eigenvalue weighted by Gasteiger charge is 2.13. The maximum atomic E-state index is 12.2. The van der Waals surface area contributed by atoms with Gasteiger partial charge in [0.2, 0.25) is 0 Å². The number of carbonyl (C=O) groups excluding carboxylic acids is 1. The van der Waals surface area contributed by atoms with Gasteiger partial charge in [0.15, 0.2) is 11.7 Å². The number of aromatic nitrogens is 1. The summed E-state index contributed by atoms with van der Waals surface area (Å²) < 4.78 is 5.56. The van der Waals surface area contributed by atoms with Gasteiger partial charge in [0.05, 0.1) is 5.69 Å². The lowest BCUT2D eigenvalue weighted by atomic mass is 10.1. The van der Waals surface area contributed by atoms with Crippen LogP contribution in [0.1, 0.15) is 16.0 Å². The van der Waals surface area contributed by atoms with Crippen molar-refractivity contribution in [3.8, 4) is 17.0 Å². The van der Waals surface area contributed by atoms with Gasteiger partial charge in [-0.25, -0.2) is 4.98 Å². The summed E-state index contributed by atoms with van der Waals surface area (Å²) in [6.45, 7) is 5.95. The van der Waals surface area contributed by atoms with Crippen molar-refractivity contribution >= 4 is 34.0 Å². The zero-order chi connectivity index (χ0) is 18.7. The Balaban J connectivity index is 1.64. The van der Waals surface area contributed by atoms with E-state index in [-0.39, 0.29) is 12.5 Å². The Labute approximate surface area is 161 Å². The molecule has 0 saturated heterocycles. The molecule has 0 aliphatic rings. The average Bonchev–Trinajstić information content (AvgIpc) is 2.96. The second kappa shape index (κ2) is 7.89. The lowest BCUT2D eigenvalue weighted by Crippen LogP contribution is -2.20. The number of anilines is 1. The molecule has 1 N–H and O–H groups in total. The van der Waals surface area contributed by atoms with Crippen LogP contribution >= 0.6 is 22.9 Å². The van der Waals surface area contributed by atoms with E-state index >= 15 is 0 Å². The molecular formula is C20H19ClN2O2S. The Hall–Kier alpha value is -2.37. The van der Waals surface area contributed by atoms with E-state index in [2.05, 4.69) is 10.3 Å². The maximum absolute atomic E-state index is 12.2. The van der Waals surface area contributed by atoms with Crippen LogP contribution in [0.5, 0.6) is 5.75 Å². The number of benzene rings is 2. The van der Waals surface area contributed by atoms with Crippen LogP contribution in [-0.4, -0.2) is 17.5 Å². The van der Waals surface area contributed by atoms with Gasteiger partial charge in [-0.05, 0) is 56.2 Å². The second-order valence-corrected chi connectivity index (χ2v) is 7.66. The van der Waals surface area contributed by atoms with Crippen molar-refractivity contribution in [3.63, 3.8) is 0 Å². The van der Waals surface area contributed by atoms with Crippen molar-refractivity contribution in [2.45, 2.75) is 20.8 Å². The minimum absolute atomic E-state index is 0.0619. The minimum atomic E-state index is -0.241. The monoisotopic (exact) mass is 386 g/mol. The van der Waals surface area contributed by atoms with Crippen LogP contribution in [-0.2, 0) is 4.79 Å². The van der Waals surface area contributed by atoms with Crippen LogP contribution in [0.25, 0.3) is 11.3 Å². The number of carbonyl (C=O) groups is 1. The maximum Gasteiger partial charge on any atom is 0.264 e. The van der Waals surface area contributed by atoms with Gasteiger partial charge < -0.3 is 4.74 Å². The fourth-order valence-electron chi connectivity index (χ4n) is 2.46. The number of thiazole rings is 1. The van der Waals surface area contributed by atoms with Gasteiger partial charge in [-0.15, -0.1) is 11.3 Å². The summed E-state index contributed by atoms with van der Waals surface area (Å²) in [5, 5.41) is 4.00. The van der Waals surface area contributed by atoms with Crippen LogP contribution in [0, 0.1) is 20.8 Å². The van der Waals surface area contributed by atoms with E-state index < -0.39 is 0 Å². The number of hydrogen-bond acceptors (Lipinski definition) is 4. The second-order valence-electron chi connectivity index (χ2n) is 6.02. The fourth-order valence-corrected chi connectivity index (χ4v) is 3.50. The van der Waals surface area contributed by atoms with Crippen LogP contribution < -0.4 is 10.1 Å². The first-order valence-electron chi connectivity index (χ1n) is 8.15. The first-order chi connectivity index (χ1) is 12.4. The van der Waals surface area contributed by atoms with Crippen molar-refractivity contribution in [2.75, 3.05) is 11.9 Å². The summed E-state index contributed by atoms with van der Waals surface area (Å²) in [5.74, 6) is 0.438. The summed E-state index contributed by atoms with van der Waals surface area (Å²) >= 11 is 7.48. The summed E-state index contributed by atoms with van der Waals surface area (Å²) in [6, 6.07) is 13.3. The molecule has 0 saturated carbocycles. The zero-order valence-electron chi connectivity index (χ0n) is 14.8. The minimum Gasteiger partial charge on any atom is -0.484 e. The summed E-state index contributed by atoms with van der Waals surface area (Å²) in [5.41, 5.74) is 4.07. The number of rotatable bonds is 5. The highest BCUT2D eigenvalue weighted by Crippen LogP contribution is 2.31. The molecular weight excluding hydrogens is 368 g/mol. The zero-order valence-corrected chi connectivity index (χ0v) is 16.4. The first kappa shape index (κ1) is 18.4. The number of halogens is 1. The van der Waals surface area contributed by atoms with E-state index in [1.807, 2.05) is 63.2 Å². The van der Waals surface area contributed by atoms with Crippen LogP contribution in [0.4, 0.5) is 5.13 Å².